The van der Waals surface area contributed by atoms with E-state index in [9.17, 15) is 4.39 Å². The Balaban J connectivity index is 1.05. The molecule has 0 bridgehead atoms. The van der Waals surface area contributed by atoms with Crippen molar-refractivity contribution in [1.82, 2.24) is 29.6 Å². The van der Waals surface area contributed by atoms with Gasteiger partial charge in [0.05, 0.1) is 11.4 Å². The summed E-state index contributed by atoms with van der Waals surface area (Å²) in [4.78, 5) is 0. The molecule has 2 aliphatic rings. The summed E-state index contributed by atoms with van der Waals surface area (Å²) >= 11 is 0. The zero-order valence-electron chi connectivity index (χ0n) is 25.4. The second-order valence-electron chi connectivity index (χ2n) is 12.4. The Hall–Kier alpha value is -3.29. The highest BCUT2D eigenvalue weighted by atomic mass is 19.1. The molecule has 0 amide bonds. The van der Waals surface area contributed by atoms with Crippen molar-refractivity contribution in [3.63, 3.8) is 0 Å². The van der Waals surface area contributed by atoms with Crippen LogP contribution in [-0.4, -0.2) is 55.8 Å². The molecule has 2 saturated heterocycles. The van der Waals surface area contributed by atoms with Crippen molar-refractivity contribution in [2.45, 2.75) is 83.7 Å². The number of halogens is 1. The predicted octanol–water partition coefficient (Wildman–Crippen LogP) is 6.98. The lowest BCUT2D eigenvalue weighted by molar-refractivity contribution is -0.0594. The maximum atomic E-state index is 14.2. The first-order valence-electron chi connectivity index (χ1n) is 15.9. The minimum atomic E-state index is -0.150. The largest absolute Gasteiger partial charge is 0.269 e. The van der Waals surface area contributed by atoms with Gasteiger partial charge in [0.2, 0.25) is 0 Å². The molecule has 7 heteroatoms. The van der Waals surface area contributed by atoms with Gasteiger partial charge in [-0.25, -0.2) is 14.4 Å². The van der Waals surface area contributed by atoms with Crippen LogP contribution in [0.5, 0.6) is 0 Å². The van der Waals surface area contributed by atoms with Crippen LogP contribution < -0.4 is 0 Å². The Labute approximate surface area is 250 Å². The highest BCUT2D eigenvalue weighted by molar-refractivity contribution is 5.26. The van der Waals surface area contributed by atoms with Crippen molar-refractivity contribution in [2.75, 3.05) is 26.2 Å². The van der Waals surface area contributed by atoms with Crippen LogP contribution in [0.3, 0.4) is 0 Å². The summed E-state index contributed by atoms with van der Waals surface area (Å²) in [7, 11) is 0. The number of piperidine rings is 2. The monoisotopic (exact) mass is 568 g/mol. The fourth-order valence-electron chi connectivity index (χ4n) is 6.95. The zero-order valence-corrected chi connectivity index (χ0v) is 25.4. The molecular weight excluding hydrogens is 523 g/mol. The summed E-state index contributed by atoms with van der Waals surface area (Å²) in [6, 6.07) is 22.7. The van der Waals surface area contributed by atoms with Crippen molar-refractivity contribution in [2.24, 2.45) is 0 Å². The van der Waals surface area contributed by atoms with Crippen molar-refractivity contribution in [3.8, 4) is 0 Å². The molecule has 0 atom stereocenters. The number of hydrazine groups is 1. The Morgan fingerprint density at radius 1 is 0.738 bits per heavy atom. The Bertz CT molecular complexity index is 1440. The Kier molecular flexibility index (Phi) is 8.86. The number of nitrogens with zero attached hydrogens (tertiary/aromatic N) is 6. The van der Waals surface area contributed by atoms with Gasteiger partial charge in [-0.05, 0) is 75.8 Å². The lowest BCUT2D eigenvalue weighted by atomic mass is 9.92. The lowest BCUT2D eigenvalue weighted by Crippen LogP contribution is -2.50. The fourth-order valence-corrected chi connectivity index (χ4v) is 6.95. The number of hydrogen-bond acceptors (Lipinski definition) is 4. The van der Waals surface area contributed by atoms with Crippen LogP contribution in [0.4, 0.5) is 4.39 Å². The van der Waals surface area contributed by atoms with E-state index in [1.54, 1.807) is 6.07 Å². The van der Waals surface area contributed by atoms with E-state index in [2.05, 4.69) is 82.6 Å². The lowest BCUT2D eigenvalue weighted by Gasteiger charge is -2.43. The van der Waals surface area contributed by atoms with Gasteiger partial charge in [-0.2, -0.15) is 10.2 Å². The number of hydrogen-bond donors (Lipinski definition) is 0. The molecule has 0 aliphatic carbocycles. The molecule has 2 aromatic heterocycles. The number of benzene rings is 2. The van der Waals surface area contributed by atoms with E-state index in [1.165, 1.54) is 41.6 Å². The molecule has 2 aliphatic heterocycles. The molecule has 0 saturated carbocycles. The minimum absolute atomic E-state index is 0.150. The Morgan fingerprint density at radius 2 is 1.31 bits per heavy atom. The number of aryl methyl sites for hydroxylation is 1. The predicted molar refractivity (Wildman–Crippen MR) is 166 cm³/mol. The molecule has 2 aromatic carbocycles. The van der Waals surface area contributed by atoms with Gasteiger partial charge in [0.25, 0.3) is 0 Å². The van der Waals surface area contributed by atoms with Gasteiger partial charge in [-0.15, -0.1) is 0 Å². The van der Waals surface area contributed by atoms with E-state index in [0.717, 1.165) is 57.7 Å². The van der Waals surface area contributed by atoms with Crippen LogP contribution >= 0.6 is 0 Å². The van der Waals surface area contributed by atoms with Gasteiger partial charge in [-0.3, -0.25) is 9.36 Å². The number of aromatic nitrogens is 4. The maximum absolute atomic E-state index is 14.2. The van der Waals surface area contributed by atoms with Gasteiger partial charge < -0.3 is 0 Å². The highest BCUT2D eigenvalue weighted by Crippen LogP contribution is 2.34. The molecule has 0 N–H and O–H groups in total. The van der Waals surface area contributed by atoms with E-state index in [4.69, 9.17) is 10.2 Å². The maximum Gasteiger partial charge on any atom is 0.126 e. The molecule has 42 heavy (non-hydrogen) atoms. The van der Waals surface area contributed by atoms with E-state index in [0.29, 0.717) is 29.9 Å². The minimum Gasteiger partial charge on any atom is -0.269 e. The molecule has 0 radical (unpaired) electrons. The third-order valence-corrected chi connectivity index (χ3v) is 9.20. The molecule has 0 unspecified atom stereocenters. The first kappa shape index (κ1) is 28.8. The molecule has 6 nitrogen and oxygen atoms in total. The molecule has 6 rings (SSSR count). The van der Waals surface area contributed by atoms with Crippen LogP contribution in [-0.2, 0) is 19.4 Å². The summed E-state index contributed by atoms with van der Waals surface area (Å²) in [5.41, 5.74) is 6.90. The normalized spacial score (nSPS) is 17.8. The molecule has 4 heterocycles. The summed E-state index contributed by atoms with van der Waals surface area (Å²) in [5, 5.41) is 15.1. The summed E-state index contributed by atoms with van der Waals surface area (Å²) in [6.45, 7) is 11.9. The zero-order chi connectivity index (χ0) is 29.1. The van der Waals surface area contributed by atoms with Gasteiger partial charge >= 0.3 is 0 Å². The average Bonchev–Trinajstić information content (AvgIpc) is 3.63. The van der Waals surface area contributed by atoms with E-state index < -0.39 is 0 Å². The second-order valence-corrected chi connectivity index (χ2v) is 12.4. The smallest absolute Gasteiger partial charge is 0.126 e. The van der Waals surface area contributed by atoms with E-state index in [1.807, 2.05) is 12.1 Å². The standard InChI is InChI=1S/C35H45FN6/c1-4-41-34(24-32(37-41)23-30-12-8-9-13-33(30)36)28-14-18-39(19-15-28)40-20-16-29(17-21-40)35-25-31(38-42(35)26(2)3)22-27-10-6-5-7-11-27/h5-13,24-26,28-29H,4,14-23H2,1-3H3. The first-order valence-corrected chi connectivity index (χ1v) is 15.9. The SMILES string of the molecule is CCn1nc(Cc2ccccc2F)cc1C1CCN(N2CCC(c3cc(Cc4ccccc4)nn3C(C)C)CC2)CC1. The average molecular weight is 569 g/mol. The van der Waals surface area contributed by atoms with Gasteiger partial charge in [0.15, 0.2) is 0 Å². The molecule has 222 valence electrons. The van der Waals surface area contributed by atoms with E-state index >= 15 is 0 Å². The van der Waals surface area contributed by atoms with Gasteiger partial charge in [0.1, 0.15) is 5.82 Å². The van der Waals surface area contributed by atoms with Crippen molar-refractivity contribution >= 4 is 0 Å². The quantitative estimate of drug-likeness (QED) is 0.219. The van der Waals surface area contributed by atoms with Crippen LogP contribution in [0.25, 0.3) is 0 Å². The summed E-state index contributed by atoms with van der Waals surface area (Å²) in [6.07, 6.45) is 6.05. The number of rotatable bonds is 9. The Morgan fingerprint density at radius 3 is 1.93 bits per heavy atom. The molecule has 4 aromatic rings. The molecular formula is C35H45FN6. The van der Waals surface area contributed by atoms with Gasteiger partial charge in [0, 0.05) is 74.8 Å². The van der Waals surface area contributed by atoms with Crippen molar-refractivity contribution < 1.29 is 4.39 Å². The first-order chi connectivity index (χ1) is 20.5. The third-order valence-electron chi connectivity index (χ3n) is 9.20. The molecule has 2 fully saturated rings. The highest BCUT2D eigenvalue weighted by Gasteiger charge is 2.31. The van der Waals surface area contributed by atoms with Crippen LogP contribution in [0, 0.1) is 5.82 Å². The topological polar surface area (TPSA) is 42.1 Å². The van der Waals surface area contributed by atoms with Crippen LogP contribution in [0.1, 0.15) is 98.2 Å². The molecule has 0 spiro atoms. The summed E-state index contributed by atoms with van der Waals surface area (Å²) < 4.78 is 18.7. The van der Waals surface area contributed by atoms with Crippen molar-refractivity contribution in [3.05, 3.63) is 106 Å². The van der Waals surface area contributed by atoms with Crippen LogP contribution in [0.15, 0.2) is 66.7 Å². The second kappa shape index (κ2) is 12.9. The fraction of sp³-hybridized carbons (Fsp3) is 0.486. The van der Waals surface area contributed by atoms with Crippen molar-refractivity contribution in [1.29, 1.82) is 0 Å². The third kappa shape index (κ3) is 6.37. The van der Waals surface area contributed by atoms with E-state index in [-0.39, 0.29) is 5.82 Å². The summed E-state index contributed by atoms with van der Waals surface area (Å²) in [5.74, 6) is 0.914. The van der Waals surface area contributed by atoms with Gasteiger partial charge in [-0.1, -0.05) is 48.5 Å². The van der Waals surface area contributed by atoms with Crippen LogP contribution in [0.2, 0.25) is 0 Å².